The van der Waals surface area contributed by atoms with Gasteiger partial charge in [-0.25, -0.2) is 4.79 Å². The summed E-state index contributed by atoms with van der Waals surface area (Å²) in [5.41, 5.74) is 3.16. The number of carbonyl (C=O) groups excluding carboxylic acids is 2. The van der Waals surface area contributed by atoms with Crippen molar-refractivity contribution in [1.82, 2.24) is 5.32 Å². The van der Waals surface area contributed by atoms with Crippen molar-refractivity contribution in [3.63, 3.8) is 0 Å². The molecule has 2 atom stereocenters. The predicted octanol–water partition coefficient (Wildman–Crippen LogP) is 5.97. The minimum Gasteiger partial charge on any atom is -0.459 e. The molecule has 0 radical (unpaired) electrons. The zero-order valence-corrected chi connectivity index (χ0v) is 19.5. The zero-order chi connectivity index (χ0) is 21.5. The van der Waals surface area contributed by atoms with Crippen LogP contribution in [0.25, 0.3) is 0 Å². The number of esters is 1. The summed E-state index contributed by atoms with van der Waals surface area (Å²) in [6.45, 7) is 4.01. The van der Waals surface area contributed by atoms with Gasteiger partial charge in [-0.1, -0.05) is 6.07 Å². The Balaban J connectivity index is 1.53. The first-order valence-electron chi connectivity index (χ1n) is 11.1. The molecule has 4 nitrogen and oxygen atoms in total. The van der Waals surface area contributed by atoms with Crippen molar-refractivity contribution < 1.29 is 14.3 Å². The highest BCUT2D eigenvalue weighted by Crippen LogP contribution is 2.47. The highest BCUT2D eigenvalue weighted by Gasteiger charge is 2.42. The number of carbonyl (C=O) groups is 2. The molecular formula is C25H27NO3S2. The maximum absolute atomic E-state index is 13.5. The van der Waals surface area contributed by atoms with Crippen molar-refractivity contribution in [2.75, 3.05) is 0 Å². The third kappa shape index (κ3) is 3.92. The van der Waals surface area contributed by atoms with Crippen molar-refractivity contribution in [3.8, 4) is 0 Å². The van der Waals surface area contributed by atoms with E-state index in [1.54, 1.807) is 22.7 Å². The fraction of sp³-hybridized carbons (Fsp3) is 0.440. The van der Waals surface area contributed by atoms with Gasteiger partial charge in [-0.2, -0.15) is 0 Å². The summed E-state index contributed by atoms with van der Waals surface area (Å²) in [5, 5.41) is 5.52. The van der Waals surface area contributed by atoms with E-state index < -0.39 is 0 Å². The number of aryl methyl sites for hydroxylation is 1. The third-order valence-corrected chi connectivity index (χ3v) is 8.71. The van der Waals surface area contributed by atoms with Crippen molar-refractivity contribution in [1.29, 1.82) is 0 Å². The first-order valence-corrected chi connectivity index (χ1v) is 12.8. The summed E-state index contributed by atoms with van der Waals surface area (Å²) in [6.07, 6.45) is 5.38. The number of ketones is 1. The van der Waals surface area contributed by atoms with Crippen LogP contribution in [0, 0.1) is 6.92 Å². The highest BCUT2D eigenvalue weighted by atomic mass is 32.1. The van der Waals surface area contributed by atoms with Crippen molar-refractivity contribution in [3.05, 3.63) is 66.8 Å². The lowest BCUT2D eigenvalue weighted by atomic mass is 9.74. The van der Waals surface area contributed by atoms with Gasteiger partial charge in [0.25, 0.3) is 0 Å². The largest absolute Gasteiger partial charge is 0.459 e. The average molecular weight is 454 g/mol. The van der Waals surface area contributed by atoms with Crippen molar-refractivity contribution in [2.24, 2.45) is 0 Å². The Kier molecular flexibility index (Phi) is 5.61. The Morgan fingerprint density at radius 1 is 1.10 bits per heavy atom. The quantitative estimate of drug-likeness (QED) is 0.580. The second-order valence-corrected chi connectivity index (χ2v) is 11.1. The van der Waals surface area contributed by atoms with Crippen LogP contribution in [0.2, 0.25) is 0 Å². The van der Waals surface area contributed by atoms with E-state index in [2.05, 4.69) is 35.8 Å². The molecule has 5 rings (SSSR count). The molecule has 0 bridgehead atoms. The van der Waals surface area contributed by atoms with E-state index in [0.29, 0.717) is 12.0 Å². The molecule has 0 aromatic carbocycles. The summed E-state index contributed by atoms with van der Waals surface area (Å²) in [5.74, 6) is -0.264. The third-order valence-electron chi connectivity index (χ3n) is 6.61. The fourth-order valence-corrected chi connectivity index (χ4v) is 6.98. The van der Waals surface area contributed by atoms with Crippen LogP contribution in [-0.2, 0) is 14.3 Å². The maximum Gasteiger partial charge on any atom is 0.337 e. The van der Waals surface area contributed by atoms with Crippen LogP contribution in [0.5, 0.6) is 0 Å². The van der Waals surface area contributed by atoms with E-state index in [-0.39, 0.29) is 29.7 Å². The maximum atomic E-state index is 13.5. The van der Waals surface area contributed by atoms with E-state index in [9.17, 15) is 9.59 Å². The summed E-state index contributed by atoms with van der Waals surface area (Å²) in [7, 11) is 0. The molecule has 2 aromatic heterocycles. The van der Waals surface area contributed by atoms with Gasteiger partial charge in [0, 0.05) is 43.9 Å². The molecule has 6 heteroatoms. The molecule has 3 aliphatic rings. The number of nitrogens with one attached hydrogen (secondary N) is 1. The Bertz CT molecular complexity index is 1070. The molecule has 31 heavy (non-hydrogen) atoms. The normalized spacial score (nSPS) is 24.4. The highest BCUT2D eigenvalue weighted by molar-refractivity contribution is 7.12. The second-order valence-electron chi connectivity index (χ2n) is 8.79. The average Bonchev–Trinajstić information content (AvgIpc) is 3.49. The Morgan fingerprint density at radius 3 is 2.58 bits per heavy atom. The van der Waals surface area contributed by atoms with Gasteiger partial charge in [-0.15, -0.1) is 22.7 Å². The van der Waals surface area contributed by atoms with Crippen LogP contribution in [0.1, 0.15) is 71.9 Å². The molecule has 1 N–H and O–H groups in total. The van der Waals surface area contributed by atoms with Gasteiger partial charge in [0.05, 0.1) is 11.5 Å². The van der Waals surface area contributed by atoms with Crippen LogP contribution in [-0.4, -0.2) is 17.9 Å². The number of rotatable bonds is 4. The van der Waals surface area contributed by atoms with E-state index in [4.69, 9.17) is 4.74 Å². The summed E-state index contributed by atoms with van der Waals surface area (Å²) in [4.78, 5) is 30.3. The fourth-order valence-electron chi connectivity index (χ4n) is 5.15. The number of ether oxygens (including phenoxy) is 1. The van der Waals surface area contributed by atoms with Gasteiger partial charge >= 0.3 is 5.97 Å². The minimum absolute atomic E-state index is 0.000773. The van der Waals surface area contributed by atoms with Gasteiger partial charge in [0.1, 0.15) is 6.10 Å². The number of hydrogen-bond donors (Lipinski definition) is 1. The molecule has 162 valence electrons. The smallest absolute Gasteiger partial charge is 0.337 e. The van der Waals surface area contributed by atoms with Gasteiger partial charge in [0.15, 0.2) is 5.78 Å². The Morgan fingerprint density at radius 2 is 1.90 bits per heavy atom. The van der Waals surface area contributed by atoms with Gasteiger partial charge in [0.2, 0.25) is 0 Å². The zero-order valence-electron chi connectivity index (χ0n) is 17.9. The van der Waals surface area contributed by atoms with Gasteiger partial charge in [-0.3, -0.25) is 4.79 Å². The standard InChI is InChI=1S/C25H27NO3S2/c1-14-9-10-21(31-14)24-22(25(28)29-17-6-3-4-7-17)15(2)26-18-12-16(13-19(27)23(18)24)20-8-5-11-30-20/h5,8-11,16-17,24,26H,3-4,6-7,12-13H2,1-2H3/t16-,24+/m0/s1. The van der Waals surface area contributed by atoms with E-state index in [1.165, 1.54) is 9.75 Å². The molecular weight excluding hydrogens is 426 g/mol. The number of allylic oxidation sites excluding steroid dienone is 3. The van der Waals surface area contributed by atoms with Gasteiger partial charge < -0.3 is 10.1 Å². The molecule has 1 aliphatic heterocycles. The molecule has 2 aliphatic carbocycles. The number of thiophene rings is 2. The first kappa shape index (κ1) is 20.7. The molecule has 3 heterocycles. The number of dihydropyridines is 1. The summed E-state index contributed by atoms with van der Waals surface area (Å²) >= 11 is 3.37. The predicted molar refractivity (Wildman–Crippen MR) is 124 cm³/mol. The van der Waals surface area contributed by atoms with Crippen LogP contribution < -0.4 is 5.32 Å². The second kappa shape index (κ2) is 8.40. The molecule has 1 saturated carbocycles. The van der Waals surface area contributed by atoms with E-state index in [1.807, 2.05) is 13.0 Å². The SMILES string of the molecule is CC1=C(C(=O)OC2CCCC2)[C@@H](c2ccc(C)s2)C2=C(C[C@H](c3cccs3)CC2=O)N1. The van der Waals surface area contributed by atoms with Crippen molar-refractivity contribution in [2.45, 2.75) is 70.3 Å². The molecule has 2 aromatic rings. The van der Waals surface area contributed by atoms with Gasteiger partial charge in [-0.05, 0) is 69.5 Å². The number of Topliss-reactive ketones (excluding diaryl/α,β-unsaturated/α-hetero) is 1. The van der Waals surface area contributed by atoms with Crippen LogP contribution in [0.4, 0.5) is 0 Å². The molecule has 0 saturated heterocycles. The molecule has 1 fully saturated rings. The topological polar surface area (TPSA) is 55.4 Å². The molecule has 0 unspecified atom stereocenters. The monoisotopic (exact) mass is 453 g/mol. The Labute approximate surface area is 191 Å². The minimum atomic E-state index is -0.333. The van der Waals surface area contributed by atoms with E-state index in [0.717, 1.165) is 53.9 Å². The lowest BCUT2D eigenvalue weighted by Gasteiger charge is -2.36. The van der Waals surface area contributed by atoms with Crippen LogP contribution >= 0.6 is 22.7 Å². The lowest BCUT2D eigenvalue weighted by Crippen LogP contribution is -2.36. The molecule has 0 amide bonds. The first-order chi connectivity index (χ1) is 15.0. The summed E-state index contributed by atoms with van der Waals surface area (Å²) in [6, 6.07) is 8.29. The molecule has 0 spiro atoms. The summed E-state index contributed by atoms with van der Waals surface area (Å²) < 4.78 is 5.91. The van der Waals surface area contributed by atoms with Crippen LogP contribution in [0.15, 0.2) is 52.2 Å². The number of hydrogen-bond acceptors (Lipinski definition) is 6. The lowest BCUT2D eigenvalue weighted by molar-refractivity contribution is -0.144. The van der Waals surface area contributed by atoms with Crippen LogP contribution in [0.3, 0.4) is 0 Å². The van der Waals surface area contributed by atoms with Crippen molar-refractivity contribution >= 4 is 34.4 Å². The van der Waals surface area contributed by atoms with E-state index >= 15 is 0 Å². The Hall–Kier alpha value is -2.18.